The summed E-state index contributed by atoms with van der Waals surface area (Å²) in [5.41, 5.74) is 7.58. The van der Waals surface area contributed by atoms with Crippen molar-refractivity contribution < 1.29 is 9.47 Å². The van der Waals surface area contributed by atoms with E-state index in [0.29, 0.717) is 5.92 Å². The Kier molecular flexibility index (Phi) is 3.81. The van der Waals surface area contributed by atoms with E-state index in [4.69, 9.17) is 15.2 Å². The van der Waals surface area contributed by atoms with Crippen LogP contribution in [0.2, 0.25) is 0 Å². The van der Waals surface area contributed by atoms with Gasteiger partial charge in [-0.05, 0) is 36.5 Å². The van der Waals surface area contributed by atoms with Crippen LogP contribution >= 0.6 is 0 Å². The molecule has 0 heterocycles. The summed E-state index contributed by atoms with van der Waals surface area (Å²) in [5, 5.41) is 0. The van der Waals surface area contributed by atoms with Crippen molar-refractivity contribution >= 4 is 0 Å². The zero-order chi connectivity index (χ0) is 13.2. The smallest absolute Gasteiger partial charge is 0.161 e. The number of ether oxygens (including phenoxy) is 2. The van der Waals surface area contributed by atoms with Crippen LogP contribution in [0.25, 0.3) is 0 Å². The maximum Gasteiger partial charge on any atom is 0.161 e. The molecule has 3 heteroatoms. The average Bonchev–Trinajstić information content (AvgIpc) is 2.41. The van der Waals surface area contributed by atoms with E-state index in [-0.39, 0.29) is 5.54 Å². The summed E-state index contributed by atoms with van der Waals surface area (Å²) in [4.78, 5) is 0. The number of methoxy groups -OCH3 is 2. The van der Waals surface area contributed by atoms with E-state index in [2.05, 4.69) is 13.0 Å². The second-order valence-electron chi connectivity index (χ2n) is 5.26. The Labute approximate surface area is 109 Å². The van der Waals surface area contributed by atoms with Crippen molar-refractivity contribution in [2.24, 2.45) is 11.7 Å². The van der Waals surface area contributed by atoms with Crippen LogP contribution in [-0.4, -0.2) is 14.2 Å². The Morgan fingerprint density at radius 1 is 1.17 bits per heavy atom. The zero-order valence-electron chi connectivity index (χ0n) is 11.5. The van der Waals surface area contributed by atoms with Gasteiger partial charge in [0.25, 0.3) is 0 Å². The molecule has 0 aromatic heterocycles. The van der Waals surface area contributed by atoms with Gasteiger partial charge in [0.05, 0.1) is 14.2 Å². The molecule has 0 amide bonds. The predicted octanol–water partition coefficient (Wildman–Crippen LogP) is 3.07. The molecule has 1 aliphatic rings. The van der Waals surface area contributed by atoms with Crippen LogP contribution < -0.4 is 15.2 Å². The lowest BCUT2D eigenvalue weighted by Crippen LogP contribution is -2.45. The van der Waals surface area contributed by atoms with Crippen LogP contribution in [0.3, 0.4) is 0 Å². The Morgan fingerprint density at radius 3 is 2.50 bits per heavy atom. The summed E-state index contributed by atoms with van der Waals surface area (Å²) >= 11 is 0. The van der Waals surface area contributed by atoms with Crippen molar-refractivity contribution in [3.05, 3.63) is 23.8 Å². The summed E-state index contributed by atoms with van der Waals surface area (Å²) in [6.07, 6.45) is 4.73. The van der Waals surface area contributed by atoms with Crippen LogP contribution in [0, 0.1) is 5.92 Å². The minimum Gasteiger partial charge on any atom is -0.493 e. The summed E-state index contributed by atoms with van der Waals surface area (Å²) in [7, 11) is 3.31. The summed E-state index contributed by atoms with van der Waals surface area (Å²) in [6, 6.07) is 6.05. The molecular weight excluding hydrogens is 226 g/mol. The zero-order valence-corrected chi connectivity index (χ0v) is 11.5. The van der Waals surface area contributed by atoms with Crippen LogP contribution in [0.1, 0.15) is 38.2 Å². The molecule has 1 fully saturated rings. The van der Waals surface area contributed by atoms with E-state index in [0.717, 1.165) is 23.5 Å². The van der Waals surface area contributed by atoms with Gasteiger partial charge in [-0.1, -0.05) is 25.8 Å². The lowest BCUT2D eigenvalue weighted by molar-refractivity contribution is 0.206. The Balaban J connectivity index is 2.37. The maximum atomic E-state index is 6.64. The van der Waals surface area contributed by atoms with Crippen LogP contribution in [0.15, 0.2) is 18.2 Å². The number of hydrogen-bond acceptors (Lipinski definition) is 3. The Bertz CT molecular complexity index is 419. The molecule has 1 aromatic carbocycles. The van der Waals surface area contributed by atoms with Gasteiger partial charge >= 0.3 is 0 Å². The second-order valence-corrected chi connectivity index (χ2v) is 5.26. The van der Waals surface area contributed by atoms with Crippen molar-refractivity contribution in [1.82, 2.24) is 0 Å². The lowest BCUT2D eigenvalue weighted by atomic mass is 9.70. The highest BCUT2D eigenvalue weighted by Crippen LogP contribution is 2.41. The molecule has 18 heavy (non-hydrogen) atoms. The first kappa shape index (κ1) is 13.2. The van der Waals surface area contributed by atoms with Gasteiger partial charge in [-0.15, -0.1) is 0 Å². The predicted molar refractivity (Wildman–Crippen MR) is 73.0 cm³/mol. The van der Waals surface area contributed by atoms with Crippen molar-refractivity contribution in [3.63, 3.8) is 0 Å². The molecule has 2 rings (SSSR count). The summed E-state index contributed by atoms with van der Waals surface area (Å²) in [5.74, 6) is 2.02. The lowest BCUT2D eigenvalue weighted by Gasteiger charge is -2.40. The first-order valence-corrected chi connectivity index (χ1v) is 6.63. The molecule has 2 atom stereocenters. The van der Waals surface area contributed by atoms with Gasteiger partial charge in [0.15, 0.2) is 11.5 Å². The van der Waals surface area contributed by atoms with Gasteiger partial charge in [-0.2, -0.15) is 0 Å². The van der Waals surface area contributed by atoms with E-state index < -0.39 is 0 Å². The number of hydrogen-bond donors (Lipinski definition) is 1. The topological polar surface area (TPSA) is 44.5 Å². The number of rotatable bonds is 3. The van der Waals surface area contributed by atoms with Crippen LogP contribution in [0.5, 0.6) is 11.5 Å². The highest BCUT2D eigenvalue weighted by molar-refractivity contribution is 5.45. The standard InChI is InChI=1S/C15H23NO2/c1-11-6-4-5-9-15(11,16)12-7-8-13(17-2)14(10-12)18-3/h7-8,10-11H,4-6,9,16H2,1-3H3. The molecule has 2 N–H and O–H groups in total. The average molecular weight is 249 g/mol. The SMILES string of the molecule is COc1ccc(C2(N)CCCCC2C)cc1OC. The van der Waals surface area contributed by atoms with Crippen molar-refractivity contribution in [3.8, 4) is 11.5 Å². The summed E-state index contributed by atoms with van der Waals surface area (Å²) < 4.78 is 10.6. The fourth-order valence-electron chi connectivity index (χ4n) is 2.93. The third-order valence-corrected chi connectivity index (χ3v) is 4.28. The molecular formula is C15H23NO2. The normalized spacial score (nSPS) is 27.9. The quantitative estimate of drug-likeness (QED) is 0.895. The molecule has 0 radical (unpaired) electrons. The van der Waals surface area contributed by atoms with E-state index in [9.17, 15) is 0 Å². The Hall–Kier alpha value is -1.22. The molecule has 1 aromatic rings. The minimum absolute atomic E-state index is 0.224. The molecule has 0 spiro atoms. The maximum absolute atomic E-state index is 6.64. The van der Waals surface area contributed by atoms with Crippen LogP contribution in [-0.2, 0) is 5.54 Å². The number of benzene rings is 1. The highest BCUT2D eigenvalue weighted by Gasteiger charge is 2.36. The fourth-order valence-corrected chi connectivity index (χ4v) is 2.93. The van der Waals surface area contributed by atoms with E-state index in [1.165, 1.54) is 19.3 Å². The van der Waals surface area contributed by atoms with Gasteiger partial charge in [-0.3, -0.25) is 0 Å². The second kappa shape index (κ2) is 5.19. The molecule has 0 bridgehead atoms. The minimum atomic E-state index is -0.224. The van der Waals surface area contributed by atoms with E-state index in [1.54, 1.807) is 14.2 Å². The van der Waals surface area contributed by atoms with Gasteiger partial charge in [0.1, 0.15) is 0 Å². The van der Waals surface area contributed by atoms with Gasteiger partial charge in [0, 0.05) is 5.54 Å². The molecule has 1 saturated carbocycles. The monoisotopic (exact) mass is 249 g/mol. The molecule has 3 nitrogen and oxygen atoms in total. The first-order chi connectivity index (χ1) is 8.61. The van der Waals surface area contributed by atoms with Crippen molar-refractivity contribution in [1.29, 1.82) is 0 Å². The third-order valence-electron chi connectivity index (χ3n) is 4.28. The van der Waals surface area contributed by atoms with Gasteiger partial charge in [0.2, 0.25) is 0 Å². The Morgan fingerprint density at radius 2 is 1.89 bits per heavy atom. The highest BCUT2D eigenvalue weighted by atomic mass is 16.5. The molecule has 100 valence electrons. The van der Waals surface area contributed by atoms with Crippen LogP contribution in [0.4, 0.5) is 0 Å². The largest absolute Gasteiger partial charge is 0.493 e. The molecule has 0 aliphatic heterocycles. The van der Waals surface area contributed by atoms with Crippen molar-refractivity contribution in [2.75, 3.05) is 14.2 Å². The molecule has 0 saturated heterocycles. The van der Waals surface area contributed by atoms with Crippen molar-refractivity contribution in [2.45, 2.75) is 38.1 Å². The summed E-state index contributed by atoms with van der Waals surface area (Å²) in [6.45, 7) is 2.25. The first-order valence-electron chi connectivity index (χ1n) is 6.63. The molecule has 2 unspecified atom stereocenters. The van der Waals surface area contributed by atoms with E-state index in [1.807, 2.05) is 12.1 Å². The molecule has 1 aliphatic carbocycles. The van der Waals surface area contributed by atoms with E-state index >= 15 is 0 Å². The van der Waals surface area contributed by atoms with Gasteiger partial charge < -0.3 is 15.2 Å². The third kappa shape index (κ3) is 2.19. The number of nitrogens with two attached hydrogens (primary N) is 1. The fraction of sp³-hybridized carbons (Fsp3) is 0.600. The van der Waals surface area contributed by atoms with Gasteiger partial charge in [-0.25, -0.2) is 0 Å².